The van der Waals surface area contributed by atoms with Crippen LogP contribution in [0.25, 0.3) is 22.6 Å². The van der Waals surface area contributed by atoms with E-state index in [0.29, 0.717) is 5.56 Å². The Balaban J connectivity index is 1.76. The second-order valence-electron chi connectivity index (χ2n) is 15.7. The van der Waals surface area contributed by atoms with Crippen molar-refractivity contribution in [3.8, 4) is 23.1 Å². The zero-order chi connectivity index (χ0) is 58.7. The molecule has 0 radical (unpaired) electrons. The largest absolute Gasteiger partial charge is 0.488 e. The molecule has 0 amide bonds. The molecule has 0 aliphatic carbocycles. The molecule has 4 rings (SSSR count). The van der Waals surface area contributed by atoms with Crippen molar-refractivity contribution in [3.05, 3.63) is 53.9 Å². The molecule has 0 unspecified atom stereocenters. The zero-order valence-electron chi connectivity index (χ0n) is 43.7. The van der Waals surface area contributed by atoms with E-state index < -0.39 is 158 Å². The van der Waals surface area contributed by atoms with E-state index >= 15 is 0 Å². The summed E-state index contributed by atoms with van der Waals surface area (Å²) in [4.78, 5) is 152. The summed E-state index contributed by atoms with van der Waals surface area (Å²) in [6.07, 6.45) is 0.792. The Morgan fingerprint density at radius 2 is 0.863 bits per heavy atom. The predicted octanol–water partition coefficient (Wildman–Crippen LogP) is 2.09. The number of anilines is 2. The number of fused-ring (bicyclic) bond motifs is 1. The second kappa shape index (κ2) is 31.9. The molecular weight excluding hydrogens is 1080 g/mol. The van der Waals surface area contributed by atoms with Gasteiger partial charge in [-0.1, -0.05) is 6.07 Å². The van der Waals surface area contributed by atoms with Gasteiger partial charge in [0.25, 0.3) is 5.89 Å². The van der Waals surface area contributed by atoms with Crippen molar-refractivity contribution in [2.45, 2.75) is 54.4 Å². The number of benzene rings is 2. The lowest BCUT2D eigenvalue weighted by molar-refractivity contribution is -0.167. The van der Waals surface area contributed by atoms with Crippen molar-refractivity contribution in [1.29, 1.82) is 0 Å². The maximum Gasteiger partial charge on any atom is 0.378 e. The summed E-state index contributed by atoms with van der Waals surface area (Å²) in [6.45, 7) is -1.71. The van der Waals surface area contributed by atoms with Gasteiger partial charge in [0.15, 0.2) is 5.76 Å². The van der Waals surface area contributed by atoms with Crippen LogP contribution in [0.15, 0.2) is 51.4 Å². The Bertz CT molecular complexity index is 2820. The van der Waals surface area contributed by atoms with Crippen LogP contribution in [0, 0.1) is 0 Å². The van der Waals surface area contributed by atoms with E-state index in [9.17, 15) is 57.5 Å². The number of carbonyl (C=O) groups is 12. The smallest absolute Gasteiger partial charge is 0.378 e. The third-order valence-corrected chi connectivity index (χ3v) is 9.58. The van der Waals surface area contributed by atoms with Gasteiger partial charge >= 0.3 is 71.6 Å². The van der Waals surface area contributed by atoms with Gasteiger partial charge in [-0.3, -0.25) is 52.7 Å². The van der Waals surface area contributed by atoms with Crippen LogP contribution in [0.1, 0.15) is 64.1 Å². The number of aromatic nitrogens is 1. The van der Waals surface area contributed by atoms with Crippen LogP contribution in [0.5, 0.6) is 11.5 Å². The summed E-state index contributed by atoms with van der Waals surface area (Å²) < 4.78 is 81.9. The molecule has 2 aromatic carbocycles. The average Bonchev–Trinajstić information content (AvgIpc) is 4.18. The first-order valence-electron chi connectivity index (χ1n) is 23.2. The summed E-state index contributed by atoms with van der Waals surface area (Å²) in [5.41, 5.74) is 0.438. The Labute approximate surface area is 452 Å². The van der Waals surface area contributed by atoms with Gasteiger partial charge in [-0.05, 0) is 36.2 Å². The molecule has 31 heteroatoms. The summed E-state index contributed by atoms with van der Waals surface area (Å²) in [5.74, 6) is -11.2. The number of hydrogen-bond donors (Lipinski definition) is 0. The van der Waals surface area contributed by atoms with Gasteiger partial charge in [0.05, 0.1) is 17.6 Å². The quantitative estimate of drug-likeness (QED) is 0.0292. The van der Waals surface area contributed by atoms with Gasteiger partial charge in [-0.2, -0.15) is 0 Å². The number of hydrogen-bond acceptors (Lipinski definition) is 31. The molecular formula is C49H53N3O28. The molecule has 0 atom stereocenters. The third kappa shape index (κ3) is 22.7. The summed E-state index contributed by atoms with van der Waals surface area (Å²) in [5, 5.41) is 0.268. The number of aryl methyl sites for hydroxylation is 1. The SMILES string of the molecule is CC(=O)OCOC(=O)CCc1ccc(N(CC(=O)OCOC(C)=O)CC(=O)OCOC(C)=O)c(OCCOc2cc3cc(-c4ncc(C(=O)OCOC(C)=O)o4)oc3cc2N(CC(=O)OCOC(C)=O)CC(=O)OCOC(C)=O)c1. The van der Waals surface area contributed by atoms with Gasteiger partial charge in [-0.15, -0.1) is 0 Å². The molecule has 0 aliphatic rings. The minimum Gasteiger partial charge on any atom is -0.488 e. The van der Waals surface area contributed by atoms with E-state index in [-0.39, 0.29) is 58.3 Å². The minimum atomic E-state index is -1.04. The van der Waals surface area contributed by atoms with Gasteiger partial charge in [0.2, 0.25) is 46.5 Å². The Morgan fingerprint density at radius 1 is 0.450 bits per heavy atom. The number of oxazole rings is 1. The summed E-state index contributed by atoms with van der Waals surface area (Å²) >= 11 is 0. The van der Waals surface area contributed by atoms with Crippen LogP contribution >= 0.6 is 0 Å². The molecule has 0 saturated carbocycles. The number of carbonyl (C=O) groups excluding carboxylic acids is 12. The Hall–Kier alpha value is -9.97. The van der Waals surface area contributed by atoms with Crippen molar-refractivity contribution >= 4 is 94.0 Å². The molecule has 31 nitrogen and oxygen atoms in total. The fraction of sp³-hybridized carbons (Fsp3) is 0.408. The first kappa shape index (κ1) is 62.6. The van der Waals surface area contributed by atoms with E-state index in [0.717, 1.165) is 57.5 Å². The molecule has 80 heavy (non-hydrogen) atoms. The van der Waals surface area contributed by atoms with Crippen LogP contribution in [-0.2, 0) is 116 Å². The van der Waals surface area contributed by atoms with E-state index in [1.54, 1.807) is 0 Å². The van der Waals surface area contributed by atoms with Crippen LogP contribution < -0.4 is 19.3 Å². The van der Waals surface area contributed by atoms with E-state index in [2.05, 4.69) is 14.5 Å². The van der Waals surface area contributed by atoms with Crippen molar-refractivity contribution in [1.82, 2.24) is 4.98 Å². The topological polar surface area (TPSA) is 380 Å². The molecule has 0 bridgehead atoms. The molecule has 0 spiro atoms. The molecule has 0 saturated heterocycles. The van der Waals surface area contributed by atoms with E-state index in [4.69, 9.17) is 65.7 Å². The lowest BCUT2D eigenvalue weighted by Gasteiger charge is -2.26. The van der Waals surface area contributed by atoms with Crippen molar-refractivity contribution in [2.24, 2.45) is 0 Å². The van der Waals surface area contributed by atoms with Crippen LogP contribution in [0.2, 0.25) is 0 Å². The first-order chi connectivity index (χ1) is 38.1. The van der Waals surface area contributed by atoms with E-state index in [1.807, 2.05) is 0 Å². The summed E-state index contributed by atoms with van der Waals surface area (Å²) in [7, 11) is 0. The molecule has 2 heterocycles. The van der Waals surface area contributed by atoms with Crippen LogP contribution in [0.4, 0.5) is 11.4 Å². The average molecular weight is 1130 g/mol. The number of rotatable bonds is 32. The number of furan rings is 1. The fourth-order valence-corrected chi connectivity index (χ4v) is 6.10. The molecule has 2 aromatic heterocycles. The van der Waals surface area contributed by atoms with Crippen molar-refractivity contribution < 1.29 is 133 Å². The normalized spacial score (nSPS) is 10.4. The highest BCUT2D eigenvalue weighted by molar-refractivity contribution is 5.91. The highest BCUT2D eigenvalue weighted by atomic mass is 16.7. The minimum absolute atomic E-state index is 0.00836. The third-order valence-electron chi connectivity index (χ3n) is 9.58. The Kier molecular flexibility index (Phi) is 25.0. The molecule has 0 N–H and O–H groups in total. The van der Waals surface area contributed by atoms with Crippen molar-refractivity contribution in [3.63, 3.8) is 0 Å². The van der Waals surface area contributed by atoms with Gasteiger partial charge in [-0.25, -0.2) is 9.78 Å². The maximum atomic E-state index is 13.2. The van der Waals surface area contributed by atoms with Gasteiger partial charge < -0.3 is 85.0 Å². The standard InChI is InChI=1S/C49H53N3O28/c1-28(53)67-22-73-43(59)10-8-34-7-9-36(51(18-44(60)74-23-68-29(2)54)19-45(61)75-24-69-30(3)55)39(13-34)65-11-12-66-40-14-35-15-41(48-50-17-42(80-48)49(64)78-27-72-33(6)58)79-38(35)16-37(40)52(20-46(62)76-25-70-31(4)56)21-47(63)77-26-71-32(5)57/h7,9,13-17H,8,10-12,18-27H2,1-6H3. The lowest BCUT2D eigenvalue weighted by atomic mass is 10.1. The van der Waals surface area contributed by atoms with Crippen LogP contribution in [-0.4, -0.2) is 157 Å². The maximum absolute atomic E-state index is 13.2. The lowest BCUT2D eigenvalue weighted by Crippen LogP contribution is -2.37. The molecule has 4 aromatic rings. The zero-order valence-corrected chi connectivity index (χ0v) is 43.7. The van der Waals surface area contributed by atoms with Crippen LogP contribution in [0.3, 0.4) is 0 Å². The number of esters is 12. The monoisotopic (exact) mass is 1130 g/mol. The van der Waals surface area contributed by atoms with Crippen molar-refractivity contribution in [2.75, 3.05) is 90.0 Å². The second-order valence-corrected chi connectivity index (χ2v) is 15.7. The summed E-state index contributed by atoms with van der Waals surface area (Å²) in [6, 6.07) is 8.51. The molecule has 432 valence electrons. The molecule has 0 fully saturated rings. The number of nitrogens with zero attached hydrogens (tertiary/aromatic N) is 3. The molecule has 0 aliphatic heterocycles. The number of ether oxygens (including phenoxy) is 14. The predicted molar refractivity (Wildman–Crippen MR) is 258 cm³/mol. The highest BCUT2D eigenvalue weighted by Gasteiger charge is 2.26. The first-order valence-corrected chi connectivity index (χ1v) is 23.2. The van der Waals surface area contributed by atoms with E-state index in [1.165, 1.54) is 36.4 Å². The Morgan fingerprint density at radius 3 is 1.31 bits per heavy atom. The fourth-order valence-electron chi connectivity index (χ4n) is 6.10. The van der Waals surface area contributed by atoms with Gasteiger partial charge in [0.1, 0.15) is 56.5 Å². The highest BCUT2D eigenvalue weighted by Crippen LogP contribution is 2.38. The van der Waals surface area contributed by atoms with Gasteiger partial charge in [0, 0.05) is 59.4 Å².